The first-order chi connectivity index (χ1) is 16.8. The number of carboxylic acids is 1. The molecule has 4 aromatic carbocycles. The zero-order valence-corrected chi connectivity index (χ0v) is 20.1. The number of nitrogens with one attached hydrogen (secondary N) is 2. The van der Waals surface area contributed by atoms with E-state index in [0.29, 0.717) is 22.0 Å². The van der Waals surface area contributed by atoms with Gasteiger partial charge in [0.05, 0.1) is 10.8 Å². The number of carboxylic acid groups (broad SMARTS) is 1. The van der Waals surface area contributed by atoms with Gasteiger partial charge in [-0.25, -0.2) is 4.79 Å². The minimum absolute atomic E-state index is 0.0814. The van der Waals surface area contributed by atoms with E-state index in [2.05, 4.69) is 10.6 Å². The van der Waals surface area contributed by atoms with E-state index in [-0.39, 0.29) is 16.7 Å². The van der Waals surface area contributed by atoms with Gasteiger partial charge in [0.1, 0.15) is 0 Å². The predicted molar refractivity (Wildman–Crippen MR) is 140 cm³/mol. The molecule has 4 rings (SSSR count). The molecule has 7 heteroatoms. The number of aromatic carboxylic acids is 1. The number of amides is 2. The molecule has 35 heavy (non-hydrogen) atoms. The molecule has 0 heterocycles. The number of anilines is 2. The molecule has 0 aliphatic rings. The highest BCUT2D eigenvalue weighted by Gasteiger charge is 2.17. The minimum atomic E-state index is -1.09. The molecule has 0 aliphatic carbocycles. The third-order valence-corrected chi connectivity index (χ3v) is 6.61. The summed E-state index contributed by atoms with van der Waals surface area (Å²) in [5, 5.41) is 16.1. The fourth-order valence-electron chi connectivity index (χ4n) is 3.66. The molecule has 176 valence electrons. The molecule has 0 spiro atoms. The fraction of sp³-hybridized carbons (Fsp3) is 0.107. The van der Waals surface area contributed by atoms with Crippen LogP contribution in [0.15, 0.2) is 89.8 Å². The molecule has 0 radical (unpaired) electrons. The molecule has 4 aromatic rings. The van der Waals surface area contributed by atoms with Crippen LogP contribution in [0, 0.1) is 6.92 Å². The van der Waals surface area contributed by atoms with Crippen molar-refractivity contribution in [3.05, 3.63) is 102 Å². The van der Waals surface area contributed by atoms with E-state index < -0.39 is 11.9 Å². The molecule has 0 aromatic heterocycles. The maximum absolute atomic E-state index is 13.0. The van der Waals surface area contributed by atoms with Crippen LogP contribution < -0.4 is 10.6 Å². The first kappa shape index (κ1) is 24.0. The maximum Gasteiger partial charge on any atom is 0.336 e. The molecule has 0 saturated heterocycles. The molecule has 0 saturated carbocycles. The van der Waals surface area contributed by atoms with Gasteiger partial charge < -0.3 is 15.7 Å². The van der Waals surface area contributed by atoms with E-state index in [1.165, 1.54) is 17.8 Å². The van der Waals surface area contributed by atoms with Crippen LogP contribution >= 0.6 is 11.8 Å². The standard InChI is InChI=1S/C28H24N2O4S/c1-17-9-11-20(12-10-17)29-26(31)18(2)35-22-15-13-21(14-16-22)30-27(32)23-7-3-5-19-6-4-8-24(25(19)23)28(33)34/h3-16,18H,1-2H3,(H,29,31)(H,30,32)(H,33,34). The number of carbonyl (C=O) groups excluding carboxylic acids is 2. The summed E-state index contributed by atoms with van der Waals surface area (Å²) in [4.78, 5) is 38.1. The normalized spacial score (nSPS) is 11.6. The predicted octanol–water partition coefficient (Wildman–Crippen LogP) is 6.22. The fourth-order valence-corrected chi connectivity index (χ4v) is 4.53. The van der Waals surface area contributed by atoms with Crippen LogP contribution in [0.4, 0.5) is 11.4 Å². The molecular weight excluding hydrogens is 460 g/mol. The van der Waals surface area contributed by atoms with E-state index in [1.807, 2.05) is 50.2 Å². The molecule has 0 bridgehead atoms. The van der Waals surface area contributed by atoms with Gasteiger partial charge >= 0.3 is 5.97 Å². The number of rotatable bonds is 7. The van der Waals surface area contributed by atoms with Crippen molar-refractivity contribution in [2.45, 2.75) is 24.0 Å². The SMILES string of the molecule is Cc1ccc(NC(=O)C(C)Sc2ccc(NC(=O)c3cccc4cccc(C(=O)O)c34)cc2)cc1. The van der Waals surface area contributed by atoms with E-state index in [9.17, 15) is 19.5 Å². The number of carbonyl (C=O) groups is 3. The lowest BCUT2D eigenvalue weighted by Crippen LogP contribution is -2.22. The summed E-state index contributed by atoms with van der Waals surface area (Å²) < 4.78 is 0. The quantitative estimate of drug-likeness (QED) is 0.271. The topological polar surface area (TPSA) is 95.5 Å². The van der Waals surface area contributed by atoms with Gasteiger partial charge in [-0.15, -0.1) is 11.8 Å². The molecule has 2 amide bonds. The Morgan fingerprint density at radius 1 is 0.771 bits per heavy atom. The second kappa shape index (κ2) is 10.4. The summed E-state index contributed by atoms with van der Waals surface area (Å²) in [7, 11) is 0. The van der Waals surface area contributed by atoms with Crippen LogP contribution in [0.25, 0.3) is 10.8 Å². The van der Waals surface area contributed by atoms with Gasteiger partial charge in [-0.05, 0) is 67.8 Å². The lowest BCUT2D eigenvalue weighted by molar-refractivity contribution is -0.115. The van der Waals surface area contributed by atoms with Crippen molar-refractivity contribution in [2.75, 3.05) is 10.6 Å². The Labute approximate surface area is 207 Å². The average Bonchev–Trinajstić information content (AvgIpc) is 2.85. The number of hydrogen-bond acceptors (Lipinski definition) is 4. The minimum Gasteiger partial charge on any atom is -0.478 e. The van der Waals surface area contributed by atoms with Gasteiger partial charge in [-0.2, -0.15) is 0 Å². The van der Waals surface area contributed by atoms with Gasteiger partial charge in [0.25, 0.3) is 5.91 Å². The number of hydrogen-bond donors (Lipinski definition) is 3. The molecule has 0 aliphatic heterocycles. The van der Waals surface area contributed by atoms with Gasteiger partial charge in [0.2, 0.25) is 5.91 Å². The van der Waals surface area contributed by atoms with E-state index in [1.54, 1.807) is 42.5 Å². The van der Waals surface area contributed by atoms with Crippen LogP contribution in [0.5, 0.6) is 0 Å². The van der Waals surface area contributed by atoms with Crippen LogP contribution in [0.3, 0.4) is 0 Å². The third-order valence-electron chi connectivity index (χ3n) is 5.49. The van der Waals surface area contributed by atoms with Crippen molar-refractivity contribution in [3.63, 3.8) is 0 Å². The van der Waals surface area contributed by atoms with Crippen LogP contribution in [-0.4, -0.2) is 28.1 Å². The Morgan fingerprint density at radius 3 is 1.97 bits per heavy atom. The van der Waals surface area contributed by atoms with Crippen molar-refractivity contribution < 1.29 is 19.5 Å². The summed E-state index contributed by atoms with van der Waals surface area (Å²) in [5.41, 5.74) is 2.82. The summed E-state index contributed by atoms with van der Waals surface area (Å²) in [6, 6.07) is 24.9. The Morgan fingerprint density at radius 2 is 1.34 bits per heavy atom. The Hall–Kier alpha value is -4.10. The molecular formula is C28H24N2O4S. The molecule has 1 atom stereocenters. The lowest BCUT2D eigenvalue weighted by atomic mass is 9.98. The van der Waals surface area contributed by atoms with Gasteiger partial charge in [-0.1, -0.05) is 42.0 Å². The first-order valence-corrected chi connectivity index (χ1v) is 11.9. The molecule has 1 unspecified atom stereocenters. The first-order valence-electron chi connectivity index (χ1n) is 11.0. The maximum atomic E-state index is 13.0. The van der Waals surface area contributed by atoms with Crippen molar-refractivity contribution >= 4 is 51.7 Å². The molecule has 3 N–H and O–H groups in total. The van der Waals surface area contributed by atoms with Crippen molar-refractivity contribution in [1.82, 2.24) is 0 Å². The Balaban J connectivity index is 1.43. The highest BCUT2D eigenvalue weighted by Crippen LogP contribution is 2.27. The van der Waals surface area contributed by atoms with Crippen LogP contribution in [0.1, 0.15) is 33.2 Å². The summed E-state index contributed by atoms with van der Waals surface area (Å²) in [6.07, 6.45) is 0. The van der Waals surface area contributed by atoms with E-state index in [4.69, 9.17) is 0 Å². The highest BCUT2D eigenvalue weighted by molar-refractivity contribution is 8.00. The van der Waals surface area contributed by atoms with Gasteiger partial charge in [0, 0.05) is 27.2 Å². The third kappa shape index (κ3) is 5.70. The zero-order chi connectivity index (χ0) is 24.9. The second-order valence-electron chi connectivity index (χ2n) is 8.11. The van der Waals surface area contributed by atoms with Crippen molar-refractivity contribution in [1.29, 1.82) is 0 Å². The largest absolute Gasteiger partial charge is 0.478 e. The number of fused-ring (bicyclic) bond motifs is 1. The van der Waals surface area contributed by atoms with Crippen molar-refractivity contribution in [3.8, 4) is 0 Å². The summed E-state index contributed by atoms with van der Waals surface area (Å²) >= 11 is 1.42. The second-order valence-corrected chi connectivity index (χ2v) is 9.52. The molecule has 6 nitrogen and oxygen atoms in total. The summed E-state index contributed by atoms with van der Waals surface area (Å²) in [6.45, 7) is 3.83. The van der Waals surface area contributed by atoms with Crippen LogP contribution in [-0.2, 0) is 4.79 Å². The summed E-state index contributed by atoms with van der Waals surface area (Å²) in [5.74, 6) is -1.57. The smallest absolute Gasteiger partial charge is 0.336 e. The highest BCUT2D eigenvalue weighted by atomic mass is 32.2. The Kier molecular flexibility index (Phi) is 7.17. The monoisotopic (exact) mass is 484 g/mol. The number of benzene rings is 4. The van der Waals surface area contributed by atoms with Gasteiger partial charge in [-0.3, -0.25) is 9.59 Å². The van der Waals surface area contributed by atoms with E-state index >= 15 is 0 Å². The lowest BCUT2D eigenvalue weighted by Gasteiger charge is -2.13. The van der Waals surface area contributed by atoms with Crippen molar-refractivity contribution in [2.24, 2.45) is 0 Å². The van der Waals surface area contributed by atoms with E-state index in [0.717, 1.165) is 16.1 Å². The number of aryl methyl sites for hydroxylation is 1. The Bertz CT molecular complexity index is 1390. The van der Waals surface area contributed by atoms with Gasteiger partial charge in [0.15, 0.2) is 0 Å². The zero-order valence-electron chi connectivity index (χ0n) is 19.2. The van der Waals surface area contributed by atoms with Crippen LogP contribution in [0.2, 0.25) is 0 Å². The average molecular weight is 485 g/mol. The number of thioether (sulfide) groups is 1. The molecule has 0 fully saturated rings.